The van der Waals surface area contributed by atoms with Gasteiger partial charge in [-0.1, -0.05) is 0 Å². The molecule has 1 nitrogen and oxygen atoms in total. The van der Waals surface area contributed by atoms with Crippen molar-refractivity contribution in [2.24, 2.45) is 0 Å². The Bertz CT molecular complexity index is 303. The molecule has 0 aliphatic heterocycles. The molecule has 0 amide bonds. The predicted octanol–water partition coefficient (Wildman–Crippen LogP) is 3.52. The van der Waals surface area contributed by atoms with Crippen molar-refractivity contribution in [3.8, 4) is 0 Å². The molecule has 0 aliphatic rings. The minimum absolute atomic E-state index is 0.143. The number of thiol groups is 1. The van der Waals surface area contributed by atoms with Crippen LogP contribution in [0.25, 0.3) is 0 Å². The molecule has 58 valence electrons. The second-order valence-corrected chi connectivity index (χ2v) is 22.6. The van der Waals surface area contributed by atoms with Crippen LogP contribution in [0, 0.1) is 5.00 Å². The fourth-order valence-corrected chi connectivity index (χ4v) is 24.5. The van der Waals surface area contributed by atoms with Gasteiger partial charge in [0.25, 0.3) is 0 Å². The summed E-state index contributed by atoms with van der Waals surface area (Å²) in [6, 6.07) is 0. The molecule has 10 heavy (non-hydrogen) atoms. The first-order valence-corrected chi connectivity index (χ1v) is 13.8. The van der Waals surface area contributed by atoms with Gasteiger partial charge in [-0.25, -0.2) is 0 Å². The van der Waals surface area contributed by atoms with Gasteiger partial charge in [0.05, 0.1) is 0 Å². The van der Waals surface area contributed by atoms with Crippen molar-refractivity contribution in [3.05, 3.63) is 0 Å². The first-order chi connectivity index (χ1) is 4.46. The van der Waals surface area contributed by atoms with Gasteiger partial charge < -0.3 is 0 Å². The van der Waals surface area contributed by atoms with Gasteiger partial charge in [0.2, 0.25) is 0 Å². The SMILES string of the molecule is CP(C)P(#P)P(#N)[SH](=S)=S. The normalized spacial score (nSPS) is 13.8. The van der Waals surface area contributed by atoms with Gasteiger partial charge in [0.15, 0.2) is 0 Å². The molecule has 0 bridgehead atoms. The minimum atomic E-state index is -1.09. The van der Waals surface area contributed by atoms with Gasteiger partial charge in [-0.05, 0) is 0 Å². The quantitative estimate of drug-likeness (QED) is 0.535. The van der Waals surface area contributed by atoms with Crippen LogP contribution in [-0.2, 0) is 30.0 Å². The zero-order chi connectivity index (χ0) is 8.31. The summed E-state index contributed by atoms with van der Waals surface area (Å²) in [6.45, 7) is 4.20. The summed E-state index contributed by atoms with van der Waals surface area (Å²) < 4.78 is 0. The van der Waals surface area contributed by atoms with E-state index in [-0.39, 0.29) is 7.61 Å². The van der Waals surface area contributed by atoms with Gasteiger partial charge in [-0.2, -0.15) is 0 Å². The maximum atomic E-state index is 9.42. The van der Waals surface area contributed by atoms with Crippen LogP contribution < -0.4 is 0 Å². The molecular weight excluding hydrogens is 258 g/mol. The molecule has 0 aliphatic carbocycles. The monoisotopic (exact) mass is 265 g/mol. The Morgan fingerprint density at radius 2 is 1.80 bits per heavy atom. The van der Waals surface area contributed by atoms with E-state index in [1.54, 1.807) is 0 Å². The van der Waals surface area contributed by atoms with Crippen molar-refractivity contribution < 1.29 is 0 Å². The van der Waals surface area contributed by atoms with Crippen LogP contribution in [0.15, 0.2) is 0 Å². The molecule has 0 fully saturated rings. The number of hydrogen-bond acceptors (Lipinski definition) is 3. The molecule has 0 aromatic carbocycles. The van der Waals surface area contributed by atoms with E-state index in [0.29, 0.717) is 0 Å². The second kappa shape index (κ2) is 5.58. The van der Waals surface area contributed by atoms with Crippen molar-refractivity contribution in [1.29, 1.82) is 5.00 Å². The average molecular weight is 265 g/mol. The molecule has 0 N–H and O–H groups in total. The van der Waals surface area contributed by atoms with Crippen LogP contribution in [-0.4, -0.2) is 13.3 Å². The van der Waals surface area contributed by atoms with Gasteiger partial charge >= 0.3 is 77.1 Å². The van der Waals surface area contributed by atoms with E-state index in [1.807, 2.05) is 0 Å². The van der Waals surface area contributed by atoms with Gasteiger partial charge in [0.1, 0.15) is 0 Å². The summed E-state index contributed by atoms with van der Waals surface area (Å²) in [5.41, 5.74) is 0. The van der Waals surface area contributed by atoms with Crippen LogP contribution in [0.3, 0.4) is 0 Å². The van der Waals surface area contributed by atoms with Crippen molar-refractivity contribution >= 4 is 58.8 Å². The third-order valence-electron chi connectivity index (χ3n) is 0.664. The summed E-state index contributed by atoms with van der Waals surface area (Å²) in [6.07, 6.45) is -1.63. The zero-order valence-electron chi connectivity index (χ0n) is 5.50. The molecule has 8 heteroatoms. The van der Waals surface area contributed by atoms with E-state index in [4.69, 9.17) is 22.4 Å². The summed E-state index contributed by atoms with van der Waals surface area (Å²) >= 11 is 9.67. The molecule has 0 spiro atoms. The molecule has 0 rings (SSSR count). The third-order valence-corrected chi connectivity index (χ3v) is 26.2. The second-order valence-electron chi connectivity index (χ2n) is 1.62. The Morgan fingerprint density at radius 1 is 1.40 bits per heavy atom. The Kier molecular flexibility index (Phi) is 6.67. The van der Waals surface area contributed by atoms with Crippen molar-refractivity contribution in [2.75, 3.05) is 13.3 Å². The molecule has 2 unspecified atom stereocenters. The van der Waals surface area contributed by atoms with Crippen LogP contribution in [0.2, 0.25) is 0 Å². The number of nitrogens with zero attached hydrogens (tertiary/aromatic N) is 1. The molecule has 0 saturated heterocycles. The van der Waals surface area contributed by atoms with Crippen molar-refractivity contribution in [1.82, 2.24) is 0 Å². The molecule has 0 aromatic heterocycles. The Morgan fingerprint density at radius 3 is 1.90 bits per heavy atom. The summed E-state index contributed by atoms with van der Waals surface area (Å²) in [5, 5.41) is 9.42. The van der Waals surface area contributed by atoms with E-state index in [0.717, 1.165) is 0 Å². The topological polar surface area (TPSA) is 23.8 Å². The fourth-order valence-electron chi connectivity index (χ4n) is 0.225. The van der Waals surface area contributed by atoms with E-state index in [2.05, 4.69) is 21.7 Å². The molecule has 0 radical (unpaired) electrons. The Hall–Kier alpha value is 1.96. The summed E-state index contributed by atoms with van der Waals surface area (Å²) in [7, 11) is 3.19. The van der Waals surface area contributed by atoms with Crippen molar-refractivity contribution in [3.63, 3.8) is 0 Å². The Balaban J connectivity index is 4.51. The van der Waals surface area contributed by atoms with E-state index in [9.17, 15) is 5.00 Å². The average Bonchev–Trinajstić information content (AvgIpc) is 1.84. The van der Waals surface area contributed by atoms with Crippen LogP contribution in [0.1, 0.15) is 0 Å². The first-order valence-electron chi connectivity index (χ1n) is 2.26. The van der Waals surface area contributed by atoms with Crippen LogP contribution >= 0.6 is 28.8 Å². The van der Waals surface area contributed by atoms with E-state index in [1.165, 1.54) is 0 Å². The zero-order valence-corrected chi connectivity index (χ0v) is 11.6. The van der Waals surface area contributed by atoms with Gasteiger partial charge in [-0.15, -0.1) is 0 Å². The molecule has 2 atom stereocenters. The Labute approximate surface area is 76.9 Å². The van der Waals surface area contributed by atoms with E-state index < -0.39 is 20.5 Å². The van der Waals surface area contributed by atoms with Crippen LogP contribution in [0.5, 0.6) is 0 Å². The summed E-state index contributed by atoms with van der Waals surface area (Å²) in [5.74, 6) is 0. The van der Waals surface area contributed by atoms with Gasteiger partial charge in [0, 0.05) is 0 Å². The third kappa shape index (κ3) is 4.10. The predicted molar refractivity (Wildman–Crippen MR) is 64.7 cm³/mol. The van der Waals surface area contributed by atoms with E-state index >= 15 is 0 Å². The van der Waals surface area contributed by atoms with Crippen LogP contribution in [0.4, 0.5) is 0 Å². The fraction of sp³-hybridized carbons (Fsp3) is 1.00. The number of hydrogen-bond donors (Lipinski definition) is 1. The molecule has 0 heterocycles. The molecule has 0 aromatic rings. The van der Waals surface area contributed by atoms with Gasteiger partial charge in [-0.3, -0.25) is 0 Å². The maximum absolute atomic E-state index is 9.42. The van der Waals surface area contributed by atoms with Crippen molar-refractivity contribution in [2.45, 2.75) is 0 Å². The molecular formula is C2H7NP4S3. The standard InChI is InChI=1S/C2H7NP4S3/c1-5(2)7(4)6(3)10(8)9/h10H,1-2H3. The number of rotatable bonds is 0. The first kappa shape index (κ1) is 12.0. The summed E-state index contributed by atoms with van der Waals surface area (Å²) in [4.78, 5) is 0. The molecule has 0 saturated carbocycles.